The molecule has 0 aliphatic carbocycles. The van der Waals surface area contributed by atoms with Gasteiger partial charge in [-0.25, -0.2) is 17.6 Å². The Balaban J connectivity index is 2.58. The molecule has 120 valence electrons. The Morgan fingerprint density at radius 1 is 0.955 bits per heavy atom. The van der Waals surface area contributed by atoms with Crippen LogP contribution in [-0.4, -0.2) is 26.4 Å². The molecule has 22 heavy (non-hydrogen) atoms. The van der Waals surface area contributed by atoms with E-state index in [0.717, 1.165) is 6.07 Å². The van der Waals surface area contributed by atoms with Crippen LogP contribution >= 0.6 is 0 Å². The van der Waals surface area contributed by atoms with Gasteiger partial charge in [0.05, 0.1) is 26.4 Å². The van der Waals surface area contributed by atoms with Gasteiger partial charge < -0.3 is 9.47 Å². The van der Waals surface area contributed by atoms with E-state index in [1.165, 1.54) is 13.8 Å². The molecule has 0 saturated carbocycles. The maximum absolute atomic E-state index is 14.2. The van der Waals surface area contributed by atoms with Crippen LogP contribution in [0.15, 0.2) is 0 Å². The minimum absolute atomic E-state index is 0.148. The number of halogens is 4. The van der Waals surface area contributed by atoms with Crippen LogP contribution in [-0.2, 0) is 14.9 Å². The van der Waals surface area contributed by atoms with E-state index in [1.54, 1.807) is 0 Å². The fourth-order valence-electron chi connectivity index (χ4n) is 2.53. The average Bonchev–Trinajstić information content (AvgIpc) is 2.75. The lowest BCUT2D eigenvalue weighted by Crippen LogP contribution is -2.37. The molecule has 1 aromatic rings. The van der Waals surface area contributed by atoms with Gasteiger partial charge in [-0.15, -0.1) is 0 Å². The summed E-state index contributed by atoms with van der Waals surface area (Å²) in [5, 5.41) is 8.62. The second-order valence-electron chi connectivity index (χ2n) is 5.69. The van der Waals surface area contributed by atoms with E-state index < -0.39 is 45.7 Å². The van der Waals surface area contributed by atoms with Crippen LogP contribution in [0, 0.1) is 40.5 Å². The van der Waals surface area contributed by atoms with Crippen molar-refractivity contribution in [2.75, 3.05) is 26.4 Å². The summed E-state index contributed by atoms with van der Waals surface area (Å²) in [6.07, 6.45) is 0. The molecular weight excluding hydrogens is 302 g/mol. The van der Waals surface area contributed by atoms with Crippen LogP contribution in [0.5, 0.6) is 0 Å². The summed E-state index contributed by atoms with van der Waals surface area (Å²) in [6, 6.07) is 1.13. The van der Waals surface area contributed by atoms with Crippen molar-refractivity contribution in [1.29, 1.82) is 5.26 Å². The summed E-state index contributed by atoms with van der Waals surface area (Å²) in [5.74, 6) is -6.96. The predicted molar refractivity (Wildman–Crippen MR) is 69.1 cm³/mol. The summed E-state index contributed by atoms with van der Waals surface area (Å²) in [4.78, 5) is 0. The first-order chi connectivity index (χ1) is 10.3. The van der Waals surface area contributed by atoms with Gasteiger partial charge in [0.15, 0.2) is 23.3 Å². The van der Waals surface area contributed by atoms with Crippen molar-refractivity contribution < 1.29 is 27.0 Å². The van der Waals surface area contributed by atoms with Crippen LogP contribution in [0.1, 0.15) is 25.0 Å². The fraction of sp³-hybridized carbons (Fsp3) is 0.533. The number of nitriles is 1. The zero-order valence-electron chi connectivity index (χ0n) is 12.2. The molecule has 0 N–H and O–H groups in total. The first-order valence-electron chi connectivity index (χ1n) is 6.74. The molecule has 1 heterocycles. The van der Waals surface area contributed by atoms with Gasteiger partial charge in [0, 0.05) is 16.9 Å². The van der Waals surface area contributed by atoms with Crippen molar-refractivity contribution in [3.05, 3.63) is 34.4 Å². The molecule has 0 radical (unpaired) electrons. The maximum Gasteiger partial charge on any atom is 0.180 e. The summed E-state index contributed by atoms with van der Waals surface area (Å²) in [5.41, 5.74) is -3.28. The molecule has 0 aromatic heterocycles. The van der Waals surface area contributed by atoms with Crippen LogP contribution < -0.4 is 0 Å². The van der Waals surface area contributed by atoms with Crippen LogP contribution in [0.2, 0.25) is 0 Å². The summed E-state index contributed by atoms with van der Waals surface area (Å²) >= 11 is 0. The van der Waals surface area contributed by atoms with E-state index in [9.17, 15) is 17.6 Å². The first-order valence-corrected chi connectivity index (χ1v) is 6.74. The Morgan fingerprint density at radius 3 is 1.82 bits per heavy atom. The van der Waals surface area contributed by atoms with E-state index in [-0.39, 0.29) is 13.2 Å². The molecule has 0 atom stereocenters. The van der Waals surface area contributed by atoms with Gasteiger partial charge in [-0.05, 0) is 0 Å². The Kier molecular flexibility index (Phi) is 4.73. The highest BCUT2D eigenvalue weighted by Crippen LogP contribution is 2.38. The van der Waals surface area contributed by atoms with Gasteiger partial charge in [0.25, 0.3) is 0 Å². The quantitative estimate of drug-likeness (QED) is 0.622. The molecule has 1 saturated heterocycles. The Labute approximate surface area is 125 Å². The zero-order valence-corrected chi connectivity index (χ0v) is 12.2. The summed E-state index contributed by atoms with van der Waals surface area (Å²) in [7, 11) is 0. The minimum Gasteiger partial charge on any atom is -0.379 e. The number of rotatable bonds is 2. The molecule has 1 aliphatic rings. The van der Waals surface area contributed by atoms with Crippen molar-refractivity contribution in [1.82, 2.24) is 0 Å². The van der Waals surface area contributed by atoms with E-state index >= 15 is 0 Å². The third-order valence-electron chi connectivity index (χ3n) is 4.05. The second kappa shape index (κ2) is 6.23. The SMILES string of the molecule is CC(C)(c1c(F)c(F)c(C#N)c(F)c1F)C1COCCOC1. The third kappa shape index (κ3) is 2.69. The first kappa shape index (κ1) is 16.7. The van der Waals surface area contributed by atoms with E-state index in [1.807, 2.05) is 0 Å². The number of hydrogen-bond donors (Lipinski definition) is 0. The molecule has 0 unspecified atom stereocenters. The zero-order chi connectivity index (χ0) is 16.5. The lowest BCUT2D eigenvalue weighted by atomic mass is 9.73. The molecule has 0 amide bonds. The van der Waals surface area contributed by atoms with Gasteiger partial charge in [0.2, 0.25) is 0 Å². The monoisotopic (exact) mass is 317 g/mol. The lowest BCUT2D eigenvalue weighted by molar-refractivity contribution is 0.0910. The standard InChI is InChI=1S/C15H15F4NO2/c1-15(2,8-6-21-3-4-22-7-8)10-13(18)11(16)9(5-20)12(17)14(10)19/h8H,3-4,6-7H2,1-2H3. The van der Waals surface area contributed by atoms with Gasteiger partial charge in [0.1, 0.15) is 11.6 Å². The third-order valence-corrected chi connectivity index (χ3v) is 4.05. The molecule has 3 nitrogen and oxygen atoms in total. The molecule has 2 rings (SSSR count). The topological polar surface area (TPSA) is 42.2 Å². The second-order valence-corrected chi connectivity index (χ2v) is 5.69. The highest BCUT2D eigenvalue weighted by Gasteiger charge is 2.40. The van der Waals surface area contributed by atoms with Gasteiger partial charge >= 0.3 is 0 Å². The van der Waals surface area contributed by atoms with E-state index in [4.69, 9.17) is 14.7 Å². The van der Waals surface area contributed by atoms with Crippen LogP contribution in [0.25, 0.3) is 0 Å². The van der Waals surface area contributed by atoms with Crippen molar-refractivity contribution in [3.63, 3.8) is 0 Å². The van der Waals surface area contributed by atoms with E-state index in [2.05, 4.69) is 0 Å². The predicted octanol–water partition coefficient (Wildman–Crippen LogP) is 3.06. The number of benzene rings is 1. The molecule has 7 heteroatoms. The fourth-order valence-corrected chi connectivity index (χ4v) is 2.53. The van der Waals surface area contributed by atoms with Crippen molar-refractivity contribution in [2.45, 2.75) is 19.3 Å². The highest BCUT2D eigenvalue weighted by molar-refractivity contribution is 5.40. The maximum atomic E-state index is 14.2. The van der Waals surface area contributed by atoms with E-state index in [0.29, 0.717) is 13.2 Å². The van der Waals surface area contributed by atoms with Gasteiger partial charge in [-0.1, -0.05) is 13.8 Å². The lowest BCUT2D eigenvalue weighted by Gasteiger charge is -2.34. The largest absolute Gasteiger partial charge is 0.379 e. The van der Waals surface area contributed by atoms with Crippen LogP contribution in [0.4, 0.5) is 17.6 Å². The van der Waals surface area contributed by atoms with Crippen molar-refractivity contribution >= 4 is 0 Å². The Morgan fingerprint density at radius 2 is 1.41 bits per heavy atom. The number of hydrogen-bond acceptors (Lipinski definition) is 3. The van der Waals surface area contributed by atoms with Gasteiger partial charge in [-0.2, -0.15) is 5.26 Å². The molecule has 1 fully saturated rings. The Hall–Kier alpha value is -1.65. The number of ether oxygens (including phenoxy) is 2. The smallest absolute Gasteiger partial charge is 0.180 e. The summed E-state index contributed by atoms with van der Waals surface area (Å²) in [6.45, 7) is 3.90. The van der Waals surface area contributed by atoms with Crippen molar-refractivity contribution in [2.24, 2.45) is 5.92 Å². The Bertz CT molecular complexity index is 588. The average molecular weight is 317 g/mol. The minimum atomic E-state index is -1.68. The molecule has 0 spiro atoms. The molecular formula is C15H15F4NO2. The molecule has 1 aliphatic heterocycles. The normalized spacial score (nSPS) is 17.1. The summed E-state index contributed by atoms with van der Waals surface area (Å²) < 4.78 is 66.7. The molecule has 0 bridgehead atoms. The van der Waals surface area contributed by atoms with Crippen LogP contribution in [0.3, 0.4) is 0 Å². The number of nitrogens with zero attached hydrogens (tertiary/aromatic N) is 1. The highest BCUT2D eigenvalue weighted by atomic mass is 19.2. The molecule has 1 aromatic carbocycles. The van der Waals surface area contributed by atoms with Crippen molar-refractivity contribution in [3.8, 4) is 6.07 Å². The van der Waals surface area contributed by atoms with Gasteiger partial charge in [-0.3, -0.25) is 0 Å².